The smallest absolute Gasteiger partial charge is 0.224 e. The second-order valence-electron chi connectivity index (χ2n) is 4.38. The van der Waals surface area contributed by atoms with Gasteiger partial charge in [-0.25, -0.2) is 0 Å². The Morgan fingerprint density at radius 2 is 2.05 bits per heavy atom. The molecule has 1 amide bonds. The van der Waals surface area contributed by atoms with Crippen molar-refractivity contribution in [2.24, 2.45) is 0 Å². The van der Waals surface area contributed by atoms with Crippen LogP contribution in [0.3, 0.4) is 0 Å². The molecule has 0 aliphatic rings. The van der Waals surface area contributed by atoms with Crippen LogP contribution in [0.1, 0.15) is 31.4 Å². The topological polar surface area (TPSA) is 56.1 Å². The number of carbonyl (C=O) groups is 1. The first-order chi connectivity index (χ1) is 9.12. The maximum Gasteiger partial charge on any atom is 0.224 e. The normalized spacial score (nSPS) is 9.79. The van der Waals surface area contributed by atoms with E-state index in [1.807, 2.05) is 37.8 Å². The average molecular weight is 259 g/mol. The van der Waals surface area contributed by atoms with Crippen LogP contribution in [0.15, 0.2) is 18.2 Å². The van der Waals surface area contributed by atoms with Crippen LogP contribution >= 0.6 is 0 Å². The summed E-state index contributed by atoms with van der Waals surface area (Å²) in [6.07, 6.45) is 0.487. The second kappa shape index (κ2) is 7.42. The Hall–Kier alpha value is -2.02. The quantitative estimate of drug-likeness (QED) is 0.854. The third-order valence-electron chi connectivity index (χ3n) is 3.13. The van der Waals surface area contributed by atoms with E-state index in [0.717, 1.165) is 24.3 Å². The molecule has 0 radical (unpaired) electrons. The maximum absolute atomic E-state index is 11.8. The molecule has 0 saturated heterocycles. The first kappa shape index (κ1) is 15.0. The summed E-state index contributed by atoms with van der Waals surface area (Å²) < 4.78 is 0. The van der Waals surface area contributed by atoms with E-state index in [1.165, 1.54) is 0 Å². The minimum absolute atomic E-state index is 0.170. The van der Waals surface area contributed by atoms with Gasteiger partial charge in [-0.05, 0) is 44.5 Å². The van der Waals surface area contributed by atoms with E-state index in [0.29, 0.717) is 18.5 Å². The van der Waals surface area contributed by atoms with Crippen LogP contribution < -0.4 is 5.32 Å². The second-order valence-corrected chi connectivity index (χ2v) is 4.38. The first-order valence-corrected chi connectivity index (χ1v) is 6.64. The van der Waals surface area contributed by atoms with Gasteiger partial charge in [0.05, 0.1) is 11.6 Å². The van der Waals surface area contributed by atoms with Gasteiger partial charge in [0.1, 0.15) is 0 Å². The molecule has 0 atom stereocenters. The van der Waals surface area contributed by atoms with Gasteiger partial charge >= 0.3 is 0 Å². The highest BCUT2D eigenvalue weighted by Gasteiger charge is 2.08. The highest BCUT2D eigenvalue weighted by Crippen LogP contribution is 2.15. The van der Waals surface area contributed by atoms with E-state index < -0.39 is 0 Å². The number of benzene rings is 1. The fraction of sp³-hybridized carbons (Fsp3) is 0.467. The standard InChI is InChI=1S/C15H21N3O/c1-4-18(5-2)15(19)8-9-17-14-7-6-13(11-16)10-12(14)3/h6-7,10,17H,4-5,8-9H2,1-3H3. The Kier molecular flexibility index (Phi) is 5.87. The van der Waals surface area contributed by atoms with E-state index in [-0.39, 0.29) is 5.91 Å². The monoisotopic (exact) mass is 259 g/mol. The Labute approximate surface area is 115 Å². The lowest BCUT2D eigenvalue weighted by atomic mass is 10.1. The van der Waals surface area contributed by atoms with Gasteiger partial charge in [-0.15, -0.1) is 0 Å². The number of nitrogens with zero attached hydrogens (tertiary/aromatic N) is 2. The molecule has 0 bridgehead atoms. The van der Waals surface area contributed by atoms with Crippen LogP contribution in [0.4, 0.5) is 5.69 Å². The van der Waals surface area contributed by atoms with Crippen molar-refractivity contribution in [1.82, 2.24) is 4.90 Å². The van der Waals surface area contributed by atoms with Gasteiger partial charge in [0.15, 0.2) is 0 Å². The fourth-order valence-corrected chi connectivity index (χ4v) is 1.97. The molecule has 0 aromatic heterocycles. The van der Waals surface area contributed by atoms with E-state index in [4.69, 9.17) is 5.26 Å². The molecule has 4 nitrogen and oxygen atoms in total. The number of hydrogen-bond donors (Lipinski definition) is 1. The summed E-state index contributed by atoms with van der Waals surface area (Å²) in [5.41, 5.74) is 2.66. The number of nitrogens with one attached hydrogen (secondary N) is 1. The molecule has 1 N–H and O–H groups in total. The van der Waals surface area contributed by atoms with Crippen molar-refractivity contribution in [3.63, 3.8) is 0 Å². The number of amides is 1. The van der Waals surface area contributed by atoms with Gasteiger partial charge in [-0.2, -0.15) is 5.26 Å². The molecule has 19 heavy (non-hydrogen) atoms. The average Bonchev–Trinajstić information content (AvgIpc) is 2.42. The van der Waals surface area contributed by atoms with E-state index in [9.17, 15) is 4.79 Å². The van der Waals surface area contributed by atoms with Gasteiger partial charge < -0.3 is 10.2 Å². The number of rotatable bonds is 6. The molecule has 0 fully saturated rings. The molecule has 0 saturated carbocycles. The molecule has 1 aromatic rings. The van der Waals surface area contributed by atoms with E-state index >= 15 is 0 Å². The third-order valence-corrected chi connectivity index (χ3v) is 3.13. The minimum atomic E-state index is 0.170. The van der Waals surface area contributed by atoms with Crippen molar-refractivity contribution in [2.75, 3.05) is 25.0 Å². The zero-order valence-electron chi connectivity index (χ0n) is 11.9. The molecule has 0 unspecified atom stereocenters. The Morgan fingerprint density at radius 1 is 1.37 bits per heavy atom. The fourth-order valence-electron chi connectivity index (χ4n) is 1.97. The summed E-state index contributed by atoms with van der Waals surface area (Å²) in [7, 11) is 0. The molecular weight excluding hydrogens is 238 g/mol. The number of aryl methyl sites for hydroxylation is 1. The van der Waals surface area contributed by atoms with E-state index in [1.54, 1.807) is 6.07 Å². The zero-order valence-corrected chi connectivity index (χ0v) is 11.9. The van der Waals surface area contributed by atoms with Crippen LogP contribution in [-0.2, 0) is 4.79 Å². The van der Waals surface area contributed by atoms with Crippen LogP contribution in [0.5, 0.6) is 0 Å². The van der Waals surface area contributed by atoms with Crippen molar-refractivity contribution in [3.05, 3.63) is 29.3 Å². The van der Waals surface area contributed by atoms with E-state index in [2.05, 4.69) is 11.4 Å². The van der Waals surface area contributed by atoms with Crippen molar-refractivity contribution in [3.8, 4) is 6.07 Å². The Balaban J connectivity index is 2.50. The lowest BCUT2D eigenvalue weighted by Crippen LogP contribution is -2.31. The zero-order chi connectivity index (χ0) is 14.3. The van der Waals surface area contributed by atoms with Gasteiger partial charge in [-0.1, -0.05) is 0 Å². The molecular formula is C15H21N3O. The summed E-state index contributed by atoms with van der Waals surface area (Å²) in [5.74, 6) is 0.170. The number of carbonyl (C=O) groups excluding carboxylic acids is 1. The van der Waals surface area contributed by atoms with Gasteiger partial charge in [0.25, 0.3) is 0 Å². The van der Waals surface area contributed by atoms with Crippen LogP contribution in [-0.4, -0.2) is 30.4 Å². The van der Waals surface area contributed by atoms with Crippen molar-refractivity contribution in [2.45, 2.75) is 27.2 Å². The molecule has 4 heteroatoms. The number of nitriles is 1. The lowest BCUT2D eigenvalue weighted by molar-refractivity contribution is -0.130. The molecule has 1 aromatic carbocycles. The molecule has 1 rings (SSSR count). The SMILES string of the molecule is CCN(CC)C(=O)CCNc1ccc(C#N)cc1C. The Bertz CT molecular complexity index is 473. The molecule has 102 valence electrons. The van der Waals surface area contributed by atoms with Crippen LogP contribution in [0, 0.1) is 18.3 Å². The van der Waals surface area contributed by atoms with Crippen LogP contribution in [0.25, 0.3) is 0 Å². The third kappa shape index (κ3) is 4.29. The minimum Gasteiger partial charge on any atom is -0.384 e. The van der Waals surface area contributed by atoms with Gasteiger partial charge in [0, 0.05) is 31.7 Å². The van der Waals surface area contributed by atoms with Crippen molar-refractivity contribution in [1.29, 1.82) is 5.26 Å². The maximum atomic E-state index is 11.8. The predicted molar refractivity (Wildman–Crippen MR) is 76.9 cm³/mol. The predicted octanol–water partition coefficient (Wildman–Crippen LogP) is 2.54. The Morgan fingerprint density at radius 3 is 2.58 bits per heavy atom. The lowest BCUT2D eigenvalue weighted by Gasteiger charge is -2.19. The largest absolute Gasteiger partial charge is 0.384 e. The van der Waals surface area contributed by atoms with Gasteiger partial charge in [0.2, 0.25) is 5.91 Å². The molecule has 0 aliphatic heterocycles. The summed E-state index contributed by atoms with van der Waals surface area (Å²) in [5, 5.41) is 12.0. The summed E-state index contributed by atoms with van der Waals surface area (Å²) in [6, 6.07) is 7.62. The molecule has 0 spiro atoms. The van der Waals surface area contributed by atoms with Gasteiger partial charge in [-0.3, -0.25) is 4.79 Å². The van der Waals surface area contributed by atoms with Crippen LogP contribution in [0.2, 0.25) is 0 Å². The van der Waals surface area contributed by atoms with Crippen molar-refractivity contribution < 1.29 is 4.79 Å². The van der Waals surface area contributed by atoms with Crippen molar-refractivity contribution >= 4 is 11.6 Å². The molecule has 0 heterocycles. The molecule has 0 aliphatic carbocycles. The summed E-state index contributed by atoms with van der Waals surface area (Å²) in [4.78, 5) is 13.7. The summed E-state index contributed by atoms with van der Waals surface area (Å²) >= 11 is 0. The first-order valence-electron chi connectivity index (χ1n) is 6.64. The highest BCUT2D eigenvalue weighted by atomic mass is 16.2. The summed E-state index contributed by atoms with van der Waals surface area (Å²) in [6.45, 7) is 8.05. The number of hydrogen-bond acceptors (Lipinski definition) is 3. The number of anilines is 1. The highest BCUT2D eigenvalue weighted by molar-refractivity contribution is 5.76.